The molecule has 0 fully saturated rings. The second kappa shape index (κ2) is 7.18. The zero-order chi connectivity index (χ0) is 19.6. The Bertz CT molecular complexity index is 983. The van der Waals surface area contributed by atoms with Crippen LogP contribution in [-0.4, -0.2) is 29.7 Å². The summed E-state index contributed by atoms with van der Waals surface area (Å²) in [5.41, 5.74) is 0.711. The lowest BCUT2D eigenvalue weighted by molar-refractivity contribution is -0.147. The molecule has 0 aliphatic carbocycles. The highest BCUT2D eigenvalue weighted by molar-refractivity contribution is 5.93. The van der Waals surface area contributed by atoms with Gasteiger partial charge in [-0.25, -0.2) is 4.98 Å². The third-order valence-corrected chi connectivity index (χ3v) is 3.89. The van der Waals surface area contributed by atoms with Crippen molar-refractivity contribution in [3.05, 3.63) is 48.3 Å². The number of carbonyl (C=O) groups excluding carboxylic acids is 1. The topological polar surface area (TPSA) is 65.4 Å². The maximum absolute atomic E-state index is 13.3. The van der Waals surface area contributed by atoms with Crippen molar-refractivity contribution in [1.82, 2.24) is 9.55 Å². The molecule has 0 aliphatic rings. The predicted molar refractivity (Wildman–Crippen MR) is 92.9 cm³/mol. The highest BCUT2D eigenvalue weighted by Crippen LogP contribution is 2.32. The first-order chi connectivity index (χ1) is 12.8. The number of nitrogens with zero attached hydrogens (tertiary/aromatic N) is 2. The van der Waals surface area contributed by atoms with E-state index in [1.807, 2.05) is 0 Å². The summed E-state index contributed by atoms with van der Waals surface area (Å²) in [6, 6.07) is 10.8. The van der Waals surface area contributed by atoms with E-state index in [0.717, 1.165) is 4.57 Å². The van der Waals surface area contributed by atoms with Gasteiger partial charge in [-0.3, -0.25) is 4.79 Å². The molecule has 1 amide bonds. The quantitative estimate of drug-likeness (QED) is 0.734. The Morgan fingerprint density at radius 2 is 1.89 bits per heavy atom. The number of imidazole rings is 1. The molecule has 9 heteroatoms. The molecule has 0 atom stereocenters. The van der Waals surface area contributed by atoms with Crippen molar-refractivity contribution in [3.8, 4) is 11.5 Å². The van der Waals surface area contributed by atoms with Gasteiger partial charge in [0.2, 0.25) is 11.7 Å². The molecule has 1 aromatic heterocycles. The zero-order valence-corrected chi connectivity index (χ0v) is 14.5. The number of carbonyl (C=O) groups is 1. The number of amides is 1. The van der Waals surface area contributed by atoms with Gasteiger partial charge in [-0.2, -0.15) is 13.2 Å². The number of hydrogen-bond donors (Lipinski definition) is 1. The summed E-state index contributed by atoms with van der Waals surface area (Å²) < 4.78 is 51.1. The lowest BCUT2D eigenvalue weighted by Crippen LogP contribution is -2.23. The van der Waals surface area contributed by atoms with Crippen LogP contribution in [0, 0.1) is 0 Å². The van der Waals surface area contributed by atoms with Crippen molar-refractivity contribution in [3.63, 3.8) is 0 Å². The van der Waals surface area contributed by atoms with E-state index < -0.39 is 24.5 Å². The molecule has 0 unspecified atom stereocenters. The monoisotopic (exact) mass is 379 g/mol. The van der Waals surface area contributed by atoms with Crippen LogP contribution >= 0.6 is 0 Å². The highest BCUT2D eigenvalue weighted by Gasteiger charge is 2.38. The van der Waals surface area contributed by atoms with Crippen LogP contribution in [0.4, 0.5) is 18.9 Å². The number of hydrogen-bond acceptors (Lipinski definition) is 4. The summed E-state index contributed by atoms with van der Waals surface area (Å²) >= 11 is 0. The van der Waals surface area contributed by atoms with E-state index in [2.05, 4.69) is 10.3 Å². The molecular formula is C18H16F3N3O3. The van der Waals surface area contributed by atoms with Gasteiger partial charge in [0, 0.05) is 6.07 Å². The fourth-order valence-electron chi connectivity index (χ4n) is 2.69. The Morgan fingerprint density at radius 3 is 2.56 bits per heavy atom. The predicted octanol–water partition coefficient (Wildman–Crippen LogP) is 3.71. The van der Waals surface area contributed by atoms with Gasteiger partial charge in [-0.05, 0) is 24.3 Å². The van der Waals surface area contributed by atoms with Crippen LogP contribution < -0.4 is 14.8 Å². The Balaban J connectivity index is 1.91. The number of nitrogens with one attached hydrogen (secondary N) is 1. The number of anilines is 1. The lowest BCUT2D eigenvalue weighted by Gasteiger charge is -2.14. The Labute approximate surface area is 152 Å². The van der Waals surface area contributed by atoms with Crippen molar-refractivity contribution < 1.29 is 27.4 Å². The number of fused-ring (bicyclic) bond motifs is 1. The van der Waals surface area contributed by atoms with Gasteiger partial charge in [-0.15, -0.1) is 0 Å². The molecule has 0 spiro atoms. The molecule has 2 aromatic carbocycles. The maximum Gasteiger partial charge on any atom is 0.449 e. The van der Waals surface area contributed by atoms with E-state index in [9.17, 15) is 18.0 Å². The van der Waals surface area contributed by atoms with Crippen molar-refractivity contribution in [2.45, 2.75) is 12.7 Å². The van der Waals surface area contributed by atoms with E-state index in [1.54, 1.807) is 30.3 Å². The molecule has 142 valence electrons. The largest absolute Gasteiger partial charge is 0.497 e. The molecule has 3 rings (SSSR count). The van der Waals surface area contributed by atoms with Crippen molar-refractivity contribution >= 4 is 22.6 Å². The SMILES string of the molecule is COc1ccc(NC(=O)Cn2c(C(F)(F)F)nc3ccccc32)c(OC)c1. The summed E-state index contributed by atoms with van der Waals surface area (Å²) in [6.45, 7) is -0.551. The minimum absolute atomic E-state index is 0.166. The van der Waals surface area contributed by atoms with Gasteiger partial charge in [0.1, 0.15) is 18.0 Å². The molecule has 0 saturated carbocycles. The lowest BCUT2D eigenvalue weighted by atomic mass is 10.2. The van der Waals surface area contributed by atoms with Gasteiger partial charge < -0.3 is 19.4 Å². The van der Waals surface area contributed by atoms with Crippen molar-refractivity contribution in [2.75, 3.05) is 19.5 Å². The molecular weight excluding hydrogens is 363 g/mol. The molecule has 0 aliphatic heterocycles. The van der Waals surface area contributed by atoms with Crippen LogP contribution in [-0.2, 0) is 17.5 Å². The standard InChI is InChI=1S/C18H16F3N3O3/c1-26-11-7-8-13(15(9-11)27-2)22-16(25)10-24-14-6-4-3-5-12(14)23-17(24)18(19,20)21/h3-9H,10H2,1-2H3,(H,22,25). The summed E-state index contributed by atoms with van der Waals surface area (Å²) in [5.74, 6) is -0.924. The Kier molecular flexibility index (Phi) is 4.93. The van der Waals surface area contributed by atoms with Gasteiger partial charge >= 0.3 is 6.18 Å². The zero-order valence-electron chi connectivity index (χ0n) is 14.5. The molecule has 0 radical (unpaired) electrons. The summed E-state index contributed by atoms with van der Waals surface area (Å²) in [4.78, 5) is 16.0. The number of para-hydroxylation sites is 2. The van der Waals surface area contributed by atoms with Crippen LogP contribution in [0.1, 0.15) is 5.82 Å². The minimum Gasteiger partial charge on any atom is -0.497 e. The summed E-state index contributed by atoms with van der Waals surface area (Å²) in [5, 5.41) is 2.56. The third-order valence-electron chi connectivity index (χ3n) is 3.89. The first-order valence-electron chi connectivity index (χ1n) is 7.88. The number of ether oxygens (including phenoxy) is 2. The number of methoxy groups -OCH3 is 2. The van der Waals surface area contributed by atoms with E-state index in [-0.39, 0.29) is 11.0 Å². The van der Waals surface area contributed by atoms with Gasteiger partial charge in [0.05, 0.1) is 30.9 Å². The molecule has 6 nitrogen and oxygen atoms in total. The second-order valence-corrected chi connectivity index (χ2v) is 5.62. The van der Waals surface area contributed by atoms with Crippen LogP contribution in [0.3, 0.4) is 0 Å². The molecule has 0 bridgehead atoms. The number of alkyl halides is 3. The molecule has 3 aromatic rings. The average Bonchev–Trinajstić information content (AvgIpc) is 3.01. The molecule has 1 heterocycles. The van der Waals surface area contributed by atoms with Crippen LogP contribution in [0.5, 0.6) is 11.5 Å². The number of aromatic nitrogens is 2. The first kappa shape index (κ1) is 18.6. The van der Waals surface area contributed by atoms with Crippen LogP contribution in [0.2, 0.25) is 0 Å². The smallest absolute Gasteiger partial charge is 0.449 e. The normalized spacial score (nSPS) is 11.4. The fourth-order valence-corrected chi connectivity index (χ4v) is 2.69. The molecule has 0 saturated heterocycles. The average molecular weight is 379 g/mol. The molecule has 1 N–H and O–H groups in total. The highest BCUT2D eigenvalue weighted by atomic mass is 19.4. The summed E-state index contributed by atoms with van der Waals surface area (Å²) in [6.07, 6.45) is -4.68. The fraction of sp³-hybridized carbons (Fsp3) is 0.222. The first-order valence-corrected chi connectivity index (χ1v) is 7.88. The summed E-state index contributed by atoms with van der Waals surface area (Å²) in [7, 11) is 2.89. The molecule has 27 heavy (non-hydrogen) atoms. The van der Waals surface area contributed by atoms with E-state index in [4.69, 9.17) is 9.47 Å². The second-order valence-electron chi connectivity index (χ2n) is 5.62. The number of halogens is 3. The van der Waals surface area contributed by atoms with Crippen molar-refractivity contribution in [2.24, 2.45) is 0 Å². The van der Waals surface area contributed by atoms with Gasteiger partial charge in [-0.1, -0.05) is 12.1 Å². The van der Waals surface area contributed by atoms with E-state index >= 15 is 0 Å². The van der Waals surface area contributed by atoms with Crippen LogP contribution in [0.25, 0.3) is 11.0 Å². The van der Waals surface area contributed by atoms with Crippen LogP contribution in [0.15, 0.2) is 42.5 Å². The van der Waals surface area contributed by atoms with Gasteiger partial charge in [0.15, 0.2) is 0 Å². The van der Waals surface area contributed by atoms with E-state index in [0.29, 0.717) is 17.2 Å². The maximum atomic E-state index is 13.3. The van der Waals surface area contributed by atoms with E-state index in [1.165, 1.54) is 26.4 Å². The number of rotatable bonds is 5. The number of benzene rings is 2. The van der Waals surface area contributed by atoms with Crippen molar-refractivity contribution in [1.29, 1.82) is 0 Å². The Hall–Kier alpha value is -3.23. The minimum atomic E-state index is -4.68. The Morgan fingerprint density at radius 1 is 1.15 bits per heavy atom. The van der Waals surface area contributed by atoms with Gasteiger partial charge in [0.25, 0.3) is 0 Å². The third kappa shape index (κ3) is 3.81.